The van der Waals surface area contributed by atoms with E-state index in [1.807, 2.05) is 0 Å². The largest absolute Gasteiger partial charge is 0.508 e. The minimum atomic E-state index is -0.823. The van der Waals surface area contributed by atoms with Crippen molar-refractivity contribution in [3.05, 3.63) is 29.8 Å². The first-order valence-electron chi connectivity index (χ1n) is 8.14. The first-order chi connectivity index (χ1) is 10.6. The SMILES string of the molecule is O=C(NCCC1CCCCC1)NC[C@H](O)c1cccc(O)c1. The summed E-state index contributed by atoms with van der Waals surface area (Å²) in [4.78, 5) is 11.7. The van der Waals surface area contributed by atoms with Gasteiger partial charge in [0.15, 0.2) is 0 Å². The van der Waals surface area contributed by atoms with Crippen LogP contribution in [0, 0.1) is 5.92 Å². The number of aliphatic hydroxyl groups excluding tert-OH is 1. The maximum Gasteiger partial charge on any atom is 0.314 e. The van der Waals surface area contributed by atoms with Crippen LogP contribution in [-0.4, -0.2) is 29.3 Å². The van der Waals surface area contributed by atoms with Crippen molar-refractivity contribution < 1.29 is 15.0 Å². The molecule has 0 aliphatic heterocycles. The third kappa shape index (κ3) is 5.56. The van der Waals surface area contributed by atoms with E-state index in [1.54, 1.807) is 18.2 Å². The lowest BCUT2D eigenvalue weighted by atomic mass is 9.87. The highest BCUT2D eigenvalue weighted by Crippen LogP contribution is 2.25. The number of carbonyl (C=O) groups excluding carboxylic acids is 1. The number of rotatable bonds is 6. The molecule has 0 saturated heterocycles. The molecule has 1 fully saturated rings. The summed E-state index contributed by atoms with van der Waals surface area (Å²) < 4.78 is 0. The van der Waals surface area contributed by atoms with Crippen LogP contribution in [-0.2, 0) is 0 Å². The van der Waals surface area contributed by atoms with Crippen molar-refractivity contribution in [2.24, 2.45) is 5.92 Å². The van der Waals surface area contributed by atoms with Crippen molar-refractivity contribution in [2.45, 2.75) is 44.6 Å². The van der Waals surface area contributed by atoms with Crippen LogP contribution >= 0.6 is 0 Å². The van der Waals surface area contributed by atoms with Crippen LogP contribution in [0.25, 0.3) is 0 Å². The average molecular weight is 306 g/mol. The molecule has 1 aromatic carbocycles. The first-order valence-corrected chi connectivity index (χ1v) is 8.14. The van der Waals surface area contributed by atoms with Crippen molar-refractivity contribution >= 4 is 6.03 Å². The molecule has 22 heavy (non-hydrogen) atoms. The summed E-state index contributed by atoms with van der Waals surface area (Å²) in [5.41, 5.74) is 0.586. The molecule has 0 spiro atoms. The molecule has 2 amide bonds. The van der Waals surface area contributed by atoms with Gasteiger partial charge < -0.3 is 20.8 Å². The van der Waals surface area contributed by atoms with Gasteiger partial charge in [0.25, 0.3) is 0 Å². The Morgan fingerprint density at radius 2 is 2.00 bits per heavy atom. The Kier molecular flexibility index (Phi) is 6.52. The third-order valence-corrected chi connectivity index (χ3v) is 4.27. The van der Waals surface area contributed by atoms with Crippen LogP contribution in [0.15, 0.2) is 24.3 Å². The van der Waals surface area contributed by atoms with E-state index >= 15 is 0 Å². The zero-order chi connectivity index (χ0) is 15.8. The van der Waals surface area contributed by atoms with E-state index in [9.17, 15) is 15.0 Å². The summed E-state index contributed by atoms with van der Waals surface area (Å²) in [6, 6.07) is 6.16. The lowest BCUT2D eigenvalue weighted by molar-refractivity contribution is 0.172. The second-order valence-corrected chi connectivity index (χ2v) is 6.04. The van der Waals surface area contributed by atoms with Gasteiger partial charge in [0.1, 0.15) is 5.75 Å². The van der Waals surface area contributed by atoms with Crippen LogP contribution in [0.2, 0.25) is 0 Å². The van der Waals surface area contributed by atoms with Crippen molar-refractivity contribution in [3.8, 4) is 5.75 Å². The molecule has 2 rings (SSSR count). The Labute approximate surface area is 131 Å². The fourth-order valence-corrected chi connectivity index (χ4v) is 2.97. The summed E-state index contributed by atoms with van der Waals surface area (Å²) in [5, 5.41) is 24.8. The Hall–Kier alpha value is -1.75. The van der Waals surface area contributed by atoms with Crippen LogP contribution in [0.3, 0.4) is 0 Å². The number of aromatic hydroxyl groups is 1. The Bertz CT molecular complexity index is 473. The lowest BCUT2D eigenvalue weighted by Gasteiger charge is -2.21. The Morgan fingerprint density at radius 3 is 2.73 bits per heavy atom. The van der Waals surface area contributed by atoms with Gasteiger partial charge in [-0.2, -0.15) is 0 Å². The van der Waals surface area contributed by atoms with Gasteiger partial charge in [-0.3, -0.25) is 0 Å². The van der Waals surface area contributed by atoms with E-state index in [2.05, 4.69) is 10.6 Å². The van der Waals surface area contributed by atoms with Gasteiger partial charge in [0, 0.05) is 13.1 Å². The number of urea groups is 1. The van der Waals surface area contributed by atoms with Crippen molar-refractivity contribution in [3.63, 3.8) is 0 Å². The van der Waals surface area contributed by atoms with Gasteiger partial charge in [0.2, 0.25) is 0 Å². The number of aliphatic hydroxyl groups is 1. The van der Waals surface area contributed by atoms with Gasteiger partial charge in [-0.15, -0.1) is 0 Å². The van der Waals surface area contributed by atoms with E-state index in [-0.39, 0.29) is 18.3 Å². The molecule has 0 aromatic heterocycles. The molecule has 0 radical (unpaired) electrons. The molecule has 0 unspecified atom stereocenters. The molecule has 4 N–H and O–H groups in total. The van der Waals surface area contributed by atoms with E-state index in [1.165, 1.54) is 38.2 Å². The normalized spacial score (nSPS) is 17.0. The average Bonchev–Trinajstić information content (AvgIpc) is 2.53. The highest BCUT2D eigenvalue weighted by molar-refractivity contribution is 5.73. The van der Waals surface area contributed by atoms with E-state index < -0.39 is 6.10 Å². The molecule has 5 nitrogen and oxygen atoms in total. The van der Waals surface area contributed by atoms with Crippen LogP contribution in [0.4, 0.5) is 4.79 Å². The summed E-state index contributed by atoms with van der Waals surface area (Å²) in [6.07, 6.45) is 6.73. The minimum absolute atomic E-state index is 0.105. The molecule has 1 aromatic rings. The van der Waals surface area contributed by atoms with Crippen molar-refractivity contribution in [1.82, 2.24) is 10.6 Å². The predicted octanol–water partition coefficient (Wildman–Crippen LogP) is 2.70. The summed E-state index contributed by atoms with van der Waals surface area (Å²) >= 11 is 0. The monoisotopic (exact) mass is 306 g/mol. The molecule has 5 heteroatoms. The van der Waals surface area contributed by atoms with Crippen molar-refractivity contribution in [1.29, 1.82) is 0 Å². The fraction of sp³-hybridized carbons (Fsp3) is 0.588. The van der Waals surface area contributed by atoms with Crippen molar-refractivity contribution in [2.75, 3.05) is 13.1 Å². The maximum absolute atomic E-state index is 11.7. The predicted molar refractivity (Wildman–Crippen MR) is 85.7 cm³/mol. The molecule has 1 aliphatic rings. The van der Waals surface area contributed by atoms with Gasteiger partial charge >= 0.3 is 6.03 Å². The van der Waals surface area contributed by atoms with Crippen LogP contribution in [0.5, 0.6) is 5.75 Å². The summed E-state index contributed by atoms with van der Waals surface area (Å²) in [7, 11) is 0. The standard InChI is InChI=1S/C17H26N2O3/c20-15-8-4-7-14(11-15)16(21)12-19-17(22)18-10-9-13-5-2-1-3-6-13/h4,7-8,11,13,16,20-21H,1-3,5-6,9-10,12H2,(H2,18,19,22)/t16-/m0/s1. The number of phenols is 1. The third-order valence-electron chi connectivity index (χ3n) is 4.27. The molecule has 1 saturated carbocycles. The maximum atomic E-state index is 11.7. The van der Waals surface area contributed by atoms with E-state index in [0.29, 0.717) is 12.1 Å². The number of carbonyl (C=O) groups is 1. The van der Waals surface area contributed by atoms with Gasteiger partial charge in [-0.1, -0.05) is 44.2 Å². The summed E-state index contributed by atoms with van der Waals surface area (Å²) in [6.45, 7) is 0.803. The smallest absolute Gasteiger partial charge is 0.314 e. The second-order valence-electron chi connectivity index (χ2n) is 6.04. The van der Waals surface area contributed by atoms with Gasteiger partial charge in [-0.25, -0.2) is 4.79 Å². The quantitative estimate of drug-likeness (QED) is 0.652. The van der Waals surface area contributed by atoms with Crippen LogP contribution in [0.1, 0.15) is 50.2 Å². The number of hydrogen-bond donors (Lipinski definition) is 4. The zero-order valence-corrected chi connectivity index (χ0v) is 12.9. The van der Waals surface area contributed by atoms with Gasteiger partial charge in [-0.05, 0) is 30.0 Å². The molecule has 1 atom stereocenters. The number of phenolic OH excluding ortho intramolecular Hbond substituents is 1. The van der Waals surface area contributed by atoms with Crippen LogP contribution < -0.4 is 10.6 Å². The zero-order valence-electron chi connectivity index (χ0n) is 12.9. The molecule has 0 heterocycles. The number of benzene rings is 1. The minimum Gasteiger partial charge on any atom is -0.508 e. The number of hydrogen-bond acceptors (Lipinski definition) is 3. The van der Waals surface area contributed by atoms with E-state index in [0.717, 1.165) is 12.3 Å². The number of nitrogens with one attached hydrogen (secondary N) is 2. The highest BCUT2D eigenvalue weighted by Gasteiger charge is 2.14. The summed E-state index contributed by atoms with van der Waals surface area (Å²) in [5.74, 6) is 0.848. The van der Waals surface area contributed by atoms with E-state index in [4.69, 9.17) is 0 Å². The lowest BCUT2D eigenvalue weighted by Crippen LogP contribution is -2.38. The Balaban J connectivity index is 1.62. The van der Waals surface area contributed by atoms with Gasteiger partial charge in [0.05, 0.1) is 6.10 Å². The first kappa shape index (κ1) is 16.6. The molecule has 122 valence electrons. The molecular formula is C17H26N2O3. The Morgan fingerprint density at radius 1 is 1.23 bits per heavy atom. The molecule has 0 bridgehead atoms. The highest BCUT2D eigenvalue weighted by atomic mass is 16.3. The second kappa shape index (κ2) is 8.63. The number of amides is 2. The topological polar surface area (TPSA) is 81.6 Å². The fourth-order valence-electron chi connectivity index (χ4n) is 2.97. The molecular weight excluding hydrogens is 280 g/mol. The molecule has 1 aliphatic carbocycles.